The van der Waals surface area contributed by atoms with E-state index in [4.69, 9.17) is 24.4 Å². The van der Waals surface area contributed by atoms with Crippen molar-refractivity contribution in [2.75, 3.05) is 0 Å². The summed E-state index contributed by atoms with van der Waals surface area (Å²) in [6.07, 6.45) is 0. The van der Waals surface area contributed by atoms with E-state index in [2.05, 4.69) is 12.1 Å². The summed E-state index contributed by atoms with van der Waals surface area (Å²) < 4.78 is 9.49. The van der Waals surface area contributed by atoms with Crippen LogP contribution in [-0.2, 0) is 0 Å². The van der Waals surface area contributed by atoms with Gasteiger partial charge in [0.2, 0.25) is 23.5 Å². The van der Waals surface area contributed by atoms with Gasteiger partial charge in [0, 0.05) is 40.6 Å². The molecule has 10 rings (SSSR count). The summed E-state index contributed by atoms with van der Waals surface area (Å²) in [4.78, 5) is 48.1. The molecule has 5 heterocycles. The Bertz CT molecular complexity index is 3540. The van der Waals surface area contributed by atoms with Crippen molar-refractivity contribution in [3.05, 3.63) is 176 Å². The van der Waals surface area contributed by atoms with Crippen molar-refractivity contribution in [3.8, 4) is 47.2 Å². The number of fused-ring (bicyclic) bond motifs is 4. The lowest BCUT2D eigenvalue weighted by atomic mass is 9.87. The molecule has 0 bridgehead atoms. The van der Waals surface area contributed by atoms with E-state index < -0.39 is 41.4 Å². The van der Waals surface area contributed by atoms with Crippen molar-refractivity contribution in [1.82, 2.24) is 19.4 Å². The fraction of sp³-hybridized carbons (Fsp3) is 0.0213. The smallest absolute Gasteiger partial charge is 0.364 e. The average molecular weight is 883 g/mol. The van der Waals surface area contributed by atoms with Crippen LogP contribution in [-0.4, -0.2) is 51.8 Å². The van der Waals surface area contributed by atoms with E-state index in [-0.39, 0.29) is 33.8 Å². The molecule has 1 aliphatic heterocycles. The number of hydrogen-bond acceptors (Lipinski definition) is 15. The molecule has 0 aliphatic carbocycles. The second-order valence-corrected chi connectivity index (χ2v) is 16.3. The van der Waals surface area contributed by atoms with Gasteiger partial charge in [0.05, 0.1) is 43.2 Å². The van der Waals surface area contributed by atoms with Gasteiger partial charge in [-0.05, 0) is 77.0 Å². The minimum Gasteiger partial charge on any atom is -0.492 e. The first-order chi connectivity index (χ1) is 31.1. The van der Waals surface area contributed by atoms with E-state index in [9.17, 15) is 40.5 Å². The van der Waals surface area contributed by atoms with E-state index >= 15 is 0 Å². The number of nitriles is 2. The molecule has 5 aromatic carbocycles. The number of para-hydroxylation sites is 2. The molecule has 0 amide bonds. The first-order valence-corrected chi connectivity index (χ1v) is 20.7. The van der Waals surface area contributed by atoms with Gasteiger partial charge in [0.25, 0.3) is 0 Å². The van der Waals surface area contributed by atoms with Crippen molar-refractivity contribution >= 4 is 66.2 Å². The van der Waals surface area contributed by atoms with Crippen LogP contribution in [0, 0.1) is 22.7 Å². The number of ether oxygens (including phenoxy) is 1. The zero-order chi connectivity index (χ0) is 44.2. The molecule has 9 aromatic rings. The van der Waals surface area contributed by atoms with Crippen molar-refractivity contribution in [3.63, 3.8) is 0 Å². The highest BCUT2D eigenvalue weighted by Crippen LogP contribution is 2.41. The number of aromatic nitrogens is 4. The van der Waals surface area contributed by atoms with Crippen LogP contribution in [0.2, 0.25) is 0 Å². The first-order valence-electron chi connectivity index (χ1n) is 19.1. The molecule has 0 radical (unpaired) electrons. The normalized spacial score (nSPS) is 12.7. The summed E-state index contributed by atoms with van der Waals surface area (Å²) in [7, 11) is 0. The predicted molar refractivity (Wildman–Crippen MR) is 232 cm³/mol. The Morgan fingerprint density at radius 2 is 1.30 bits per heavy atom. The van der Waals surface area contributed by atoms with Gasteiger partial charge in [0.15, 0.2) is 0 Å². The third-order valence-corrected chi connectivity index (χ3v) is 12.5. The molecular formula is C47H26N6O9S2. The summed E-state index contributed by atoms with van der Waals surface area (Å²) in [6.45, 7) is 0. The Morgan fingerprint density at radius 1 is 0.656 bits per heavy atom. The number of rotatable bonds is 8. The maximum Gasteiger partial charge on any atom is 0.364 e. The molecular weight excluding hydrogens is 857 g/mol. The molecule has 4 aromatic heterocycles. The van der Waals surface area contributed by atoms with E-state index in [0.29, 0.717) is 46.6 Å². The molecule has 1 aliphatic rings. The summed E-state index contributed by atoms with van der Waals surface area (Å²) in [5, 5.41) is 64.1. The molecule has 0 spiro atoms. The van der Waals surface area contributed by atoms with Crippen LogP contribution in [0.3, 0.4) is 0 Å². The van der Waals surface area contributed by atoms with Gasteiger partial charge >= 0.3 is 11.9 Å². The van der Waals surface area contributed by atoms with E-state index in [1.54, 1.807) is 36.4 Å². The lowest BCUT2D eigenvalue weighted by molar-refractivity contribution is 0.0371. The lowest BCUT2D eigenvalue weighted by Gasteiger charge is -2.24. The minimum absolute atomic E-state index is 0.0801. The highest BCUT2D eigenvalue weighted by Gasteiger charge is 2.30. The predicted octanol–water partition coefficient (Wildman–Crippen LogP) is 6.60. The van der Waals surface area contributed by atoms with Gasteiger partial charge in [-0.25, -0.2) is 19.6 Å². The fourth-order valence-electron chi connectivity index (χ4n) is 7.35. The number of carbonyl (C=O) groups is 2. The zero-order valence-corrected chi connectivity index (χ0v) is 34.2. The largest absolute Gasteiger partial charge is 0.492 e. The fourth-order valence-corrected chi connectivity index (χ4v) is 9.37. The van der Waals surface area contributed by atoms with Gasteiger partial charge in [-0.15, -0.1) is 32.1 Å². The molecule has 15 nitrogen and oxygen atoms in total. The maximum absolute atomic E-state index is 14.2. The number of aromatic hydroxyl groups is 4. The van der Waals surface area contributed by atoms with Gasteiger partial charge in [-0.1, -0.05) is 42.5 Å². The topological polar surface area (TPSA) is 226 Å². The van der Waals surface area contributed by atoms with E-state index in [1.165, 1.54) is 40.9 Å². The molecule has 1 unspecified atom stereocenters. The van der Waals surface area contributed by atoms with Crippen LogP contribution in [0.5, 0.6) is 35.0 Å². The summed E-state index contributed by atoms with van der Waals surface area (Å²) in [5.41, 5.74) is 2.81. The summed E-state index contributed by atoms with van der Waals surface area (Å²) in [6, 6.07) is 38.3. The minimum atomic E-state index is -1.07. The average Bonchev–Trinajstić information content (AvgIpc) is 4.09. The number of nitrogens with zero attached hydrogens (tertiary/aromatic N) is 6. The molecule has 0 saturated heterocycles. The second kappa shape index (κ2) is 15.5. The van der Waals surface area contributed by atoms with Gasteiger partial charge in [-0.2, -0.15) is 10.5 Å². The number of carbonyl (C=O) groups excluding carboxylic acids is 2. The molecule has 64 heavy (non-hydrogen) atoms. The summed E-state index contributed by atoms with van der Waals surface area (Å²) in [5.74, 6) is -4.73. The third kappa shape index (κ3) is 6.75. The molecule has 0 fully saturated rings. The van der Waals surface area contributed by atoms with Crippen LogP contribution in [0.25, 0.3) is 31.6 Å². The number of benzene rings is 5. The molecule has 4 N–H and O–H groups in total. The van der Waals surface area contributed by atoms with Gasteiger partial charge in [-0.3, -0.25) is 0 Å². The standard InChI is InChI=1S/C47H26N6O9S2/c48-22-31(44-50-33-5-1-3-7-37(33)63-44)24-9-13-28-35(20-24)60-36-21-25(32(23-49)45-51-34-6-2-4-8-38(34)64-45)10-14-29(36)43(28)30-19-26(46(58)61-52-39(54)15-16-40(52)55)11-12-27(30)47(59)62-53-41(56)17-18-42(53)57/h1-21,31,54-57H. The Hall–Kier alpha value is -8.90. The van der Waals surface area contributed by atoms with Crippen LogP contribution in [0.15, 0.2) is 127 Å². The van der Waals surface area contributed by atoms with Crippen molar-refractivity contribution in [2.24, 2.45) is 0 Å². The van der Waals surface area contributed by atoms with Crippen LogP contribution < -0.4 is 24.8 Å². The Morgan fingerprint density at radius 3 is 1.94 bits per heavy atom. The van der Waals surface area contributed by atoms with Crippen LogP contribution in [0.4, 0.5) is 0 Å². The Balaban J connectivity index is 1.20. The Kier molecular flexibility index (Phi) is 9.53. The Labute approximate surface area is 367 Å². The molecule has 1 atom stereocenters. The van der Waals surface area contributed by atoms with Crippen molar-refractivity contribution in [1.29, 1.82) is 10.5 Å². The van der Waals surface area contributed by atoms with Crippen molar-refractivity contribution in [2.45, 2.75) is 5.92 Å². The highest BCUT2D eigenvalue weighted by molar-refractivity contribution is 7.19. The molecule has 0 saturated carbocycles. The molecule has 17 heteroatoms. The van der Waals surface area contributed by atoms with Crippen LogP contribution in [0.1, 0.15) is 53.3 Å². The van der Waals surface area contributed by atoms with Gasteiger partial charge in [0.1, 0.15) is 33.5 Å². The van der Waals surface area contributed by atoms with Crippen LogP contribution >= 0.6 is 22.7 Å². The SMILES string of the molecule is N#CC(c1nc2ccccc2s1)=c1ccc2c(c1)Oc1cc(C(C#N)c3nc4ccccc4s3)ccc1C=2c1cc(C(=O)On2c(O)ccc2O)ccc1C(=O)On1c(O)ccc1O. The zero-order valence-electron chi connectivity index (χ0n) is 32.5. The number of thiazole rings is 2. The first kappa shape index (κ1) is 39.2. The second-order valence-electron chi connectivity index (χ2n) is 14.2. The maximum atomic E-state index is 14.2. The monoisotopic (exact) mass is 882 g/mol. The van der Waals surface area contributed by atoms with E-state index in [0.717, 1.165) is 44.7 Å². The van der Waals surface area contributed by atoms with Gasteiger partial charge < -0.3 is 34.8 Å². The van der Waals surface area contributed by atoms with Crippen molar-refractivity contribution < 1.29 is 44.4 Å². The quantitative estimate of drug-likeness (QED) is 0.126. The third-order valence-electron chi connectivity index (χ3n) is 10.4. The highest BCUT2D eigenvalue weighted by atomic mass is 32.1. The van der Waals surface area contributed by atoms with E-state index in [1.807, 2.05) is 48.5 Å². The summed E-state index contributed by atoms with van der Waals surface area (Å²) >= 11 is 2.74. The molecule has 310 valence electrons. The number of hydrogen-bond donors (Lipinski definition) is 4. The lowest BCUT2D eigenvalue weighted by Crippen LogP contribution is -2.25.